The second-order valence-corrected chi connectivity index (χ2v) is 5.78. The van der Waals surface area contributed by atoms with Gasteiger partial charge in [-0.3, -0.25) is 14.6 Å². The summed E-state index contributed by atoms with van der Waals surface area (Å²) in [7, 11) is 0. The molecule has 1 aromatic heterocycles. The SMILES string of the molecule is CC(=O)Nc1cccc(OCC#CCNC(=O)c2cnc3ccccc3n2)c1. The van der Waals surface area contributed by atoms with Crippen LogP contribution in [0.2, 0.25) is 0 Å². The normalized spacial score (nSPS) is 9.89. The number of anilines is 1. The number of hydrogen-bond acceptors (Lipinski definition) is 5. The van der Waals surface area contributed by atoms with E-state index in [2.05, 4.69) is 32.4 Å². The van der Waals surface area contributed by atoms with Crippen LogP contribution in [0.4, 0.5) is 5.69 Å². The van der Waals surface area contributed by atoms with Gasteiger partial charge in [-0.15, -0.1) is 0 Å². The maximum absolute atomic E-state index is 12.1. The molecule has 28 heavy (non-hydrogen) atoms. The van der Waals surface area contributed by atoms with E-state index >= 15 is 0 Å². The Morgan fingerprint density at radius 2 is 1.89 bits per heavy atom. The molecule has 0 bridgehead atoms. The largest absolute Gasteiger partial charge is 0.481 e. The number of ether oxygens (including phenoxy) is 1. The lowest BCUT2D eigenvalue weighted by atomic mass is 10.3. The number of amides is 2. The third-order valence-electron chi connectivity index (χ3n) is 3.61. The Hall–Kier alpha value is -3.92. The quantitative estimate of drug-likeness (QED) is 0.669. The highest BCUT2D eigenvalue weighted by Gasteiger charge is 2.07. The summed E-state index contributed by atoms with van der Waals surface area (Å²) < 4.78 is 5.51. The fourth-order valence-corrected chi connectivity index (χ4v) is 2.38. The highest BCUT2D eigenvalue weighted by atomic mass is 16.5. The lowest BCUT2D eigenvalue weighted by Crippen LogP contribution is -2.24. The van der Waals surface area contributed by atoms with Crippen LogP contribution in [0.3, 0.4) is 0 Å². The van der Waals surface area contributed by atoms with Crippen LogP contribution in [-0.4, -0.2) is 34.9 Å². The molecule has 2 N–H and O–H groups in total. The minimum absolute atomic E-state index is 0.149. The average molecular weight is 374 g/mol. The number of nitrogens with zero attached hydrogens (tertiary/aromatic N) is 2. The van der Waals surface area contributed by atoms with Gasteiger partial charge >= 0.3 is 0 Å². The lowest BCUT2D eigenvalue weighted by molar-refractivity contribution is -0.114. The molecule has 0 atom stereocenters. The summed E-state index contributed by atoms with van der Waals surface area (Å²) in [6, 6.07) is 14.4. The van der Waals surface area contributed by atoms with Crippen molar-refractivity contribution in [1.82, 2.24) is 15.3 Å². The smallest absolute Gasteiger partial charge is 0.272 e. The van der Waals surface area contributed by atoms with Gasteiger partial charge in [0.25, 0.3) is 5.91 Å². The van der Waals surface area contributed by atoms with Gasteiger partial charge in [-0.1, -0.05) is 30.0 Å². The van der Waals surface area contributed by atoms with E-state index in [1.54, 1.807) is 30.3 Å². The fourth-order valence-electron chi connectivity index (χ4n) is 2.38. The number of para-hydroxylation sites is 2. The van der Waals surface area contributed by atoms with Crippen LogP contribution in [0.1, 0.15) is 17.4 Å². The lowest BCUT2D eigenvalue weighted by Gasteiger charge is -2.05. The van der Waals surface area contributed by atoms with Gasteiger partial charge in [-0.2, -0.15) is 0 Å². The van der Waals surface area contributed by atoms with Gasteiger partial charge in [0, 0.05) is 18.7 Å². The van der Waals surface area contributed by atoms with E-state index < -0.39 is 0 Å². The van der Waals surface area contributed by atoms with Crippen molar-refractivity contribution in [2.75, 3.05) is 18.5 Å². The monoisotopic (exact) mass is 374 g/mol. The minimum atomic E-state index is -0.337. The highest BCUT2D eigenvalue weighted by molar-refractivity contribution is 5.93. The average Bonchev–Trinajstić information content (AvgIpc) is 2.70. The first-order chi connectivity index (χ1) is 13.6. The molecule has 0 radical (unpaired) electrons. The molecule has 2 aromatic carbocycles. The number of nitrogens with one attached hydrogen (secondary N) is 2. The zero-order valence-corrected chi connectivity index (χ0v) is 15.2. The zero-order chi connectivity index (χ0) is 19.8. The first kappa shape index (κ1) is 18.9. The molecule has 0 spiro atoms. The van der Waals surface area contributed by atoms with E-state index in [0.29, 0.717) is 17.0 Å². The Bertz CT molecular complexity index is 1070. The van der Waals surface area contributed by atoms with Crippen LogP contribution in [0.25, 0.3) is 11.0 Å². The number of aromatic nitrogens is 2. The van der Waals surface area contributed by atoms with Crippen molar-refractivity contribution in [1.29, 1.82) is 0 Å². The second-order valence-electron chi connectivity index (χ2n) is 5.78. The number of hydrogen-bond donors (Lipinski definition) is 2. The Morgan fingerprint density at radius 3 is 2.71 bits per heavy atom. The second kappa shape index (κ2) is 9.14. The third-order valence-corrected chi connectivity index (χ3v) is 3.61. The van der Waals surface area contributed by atoms with Gasteiger partial charge in [0.05, 0.1) is 23.8 Å². The predicted molar refractivity (Wildman–Crippen MR) is 106 cm³/mol. The number of fused-ring (bicyclic) bond motifs is 1. The van der Waals surface area contributed by atoms with Crippen molar-refractivity contribution in [3.8, 4) is 17.6 Å². The Morgan fingerprint density at radius 1 is 1.07 bits per heavy atom. The Balaban J connectivity index is 1.47. The van der Waals surface area contributed by atoms with Crippen LogP contribution in [0, 0.1) is 11.8 Å². The van der Waals surface area contributed by atoms with Gasteiger partial charge in [0.2, 0.25) is 5.91 Å². The first-order valence-electron chi connectivity index (χ1n) is 8.58. The van der Waals surface area contributed by atoms with E-state index in [0.717, 1.165) is 5.52 Å². The molecule has 0 aliphatic heterocycles. The van der Waals surface area contributed by atoms with Crippen molar-refractivity contribution in [3.63, 3.8) is 0 Å². The highest BCUT2D eigenvalue weighted by Crippen LogP contribution is 2.17. The van der Waals surface area contributed by atoms with Crippen molar-refractivity contribution in [3.05, 3.63) is 60.4 Å². The van der Waals surface area contributed by atoms with Crippen LogP contribution in [-0.2, 0) is 4.79 Å². The summed E-state index contributed by atoms with van der Waals surface area (Å²) in [5.74, 6) is 5.74. The summed E-state index contributed by atoms with van der Waals surface area (Å²) in [4.78, 5) is 31.7. The van der Waals surface area contributed by atoms with E-state index in [1.807, 2.05) is 18.2 Å². The number of carbonyl (C=O) groups excluding carboxylic acids is 2. The molecule has 0 aliphatic rings. The summed E-state index contributed by atoms with van der Waals surface area (Å²) in [6.07, 6.45) is 1.44. The number of rotatable bonds is 5. The van der Waals surface area contributed by atoms with E-state index in [4.69, 9.17) is 4.74 Å². The molecular formula is C21H18N4O3. The summed E-state index contributed by atoms with van der Waals surface area (Å²) in [5.41, 5.74) is 2.29. The molecule has 3 aromatic rings. The molecule has 1 heterocycles. The predicted octanol–water partition coefficient (Wildman–Crippen LogP) is 2.40. The Labute approximate surface area is 162 Å². The minimum Gasteiger partial charge on any atom is -0.481 e. The summed E-state index contributed by atoms with van der Waals surface area (Å²) in [6.45, 7) is 1.77. The molecule has 0 fully saturated rings. The van der Waals surface area contributed by atoms with Crippen molar-refractivity contribution >= 4 is 28.5 Å². The van der Waals surface area contributed by atoms with Gasteiger partial charge in [-0.05, 0) is 24.3 Å². The maximum atomic E-state index is 12.1. The Kier molecular flexibility index (Phi) is 6.16. The molecule has 7 heteroatoms. The third kappa shape index (κ3) is 5.29. The molecule has 0 unspecified atom stereocenters. The van der Waals surface area contributed by atoms with Crippen LogP contribution in [0.5, 0.6) is 5.75 Å². The van der Waals surface area contributed by atoms with Crippen molar-refractivity contribution in [2.45, 2.75) is 6.92 Å². The zero-order valence-electron chi connectivity index (χ0n) is 15.2. The molecule has 0 saturated carbocycles. The molecular weight excluding hydrogens is 356 g/mol. The number of benzene rings is 2. The van der Waals surface area contributed by atoms with Crippen LogP contribution in [0.15, 0.2) is 54.7 Å². The number of carbonyl (C=O) groups is 2. The van der Waals surface area contributed by atoms with E-state index in [-0.39, 0.29) is 30.7 Å². The topological polar surface area (TPSA) is 93.2 Å². The van der Waals surface area contributed by atoms with E-state index in [1.165, 1.54) is 13.1 Å². The van der Waals surface area contributed by atoms with E-state index in [9.17, 15) is 9.59 Å². The van der Waals surface area contributed by atoms with Gasteiger partial charge < -0.3 is 15.4 Å². The standard InChI is InChI=1S/C21H18N4O3/c1-15(26)24-16-7-6-8-17(13-16)28-12-5-4-11-22-21(27)20-14-23-18-9-2-3-10-19(18)25-20/h2-3,6-10,13-14H,11-12H2,1H3,(H,22,27)(H,24,26). The van der Waals surface area contributed by atoms with Crippen LogP contribution >= 0.6 is 0 Å². The molecule has 3 rings (SSSR count). The van der Waals surface area contributed by atoms with Gasteiger partial charge in [0.1, 0.15) is 18.1 Å². The molecule has 2 amide bonds. The molecule has 140 valence electrons. The molecule has 0 saturated heterocycles. The molecule has 0 aliphatic carbocycles. The summed E-state index contributed by atoms with van der Waals surface area (Å²) in [5, 5.41) is 5.36. The summed E-state index contributed by atoms with van der Waals surface area (Å²) >= 11 is 0. The van der Waals surface area contributed by atoms with Crippen molar-refractivity contribution < 1.29 is 14.3 Å². The van der Waals surface area contributed by atoms with Gasteiger partial charge in [-0.25, -0.2) is 4.98 Å². The van der Waals surface area contributed by atoms with Gasteiger partial charge in [0.15, 0.2) is 0 Å². The molecule has 7 nitrogen and oxygen atoms in total. The fraction of sp³-hybridized carbons (Fsp3) is 0.143. The van der Waals surface area contributed by atoms with Crippen LogP contribution < -0.4 is 15.4 Å². The maximum Gasteiger partial charge on any atom is 0.272 e. The first-order valence-corrected chi connectivity index (χ1v) is 8.58. The van der Waals surface area contributed by atoms with Crippen molar-refractivity contribution in [2.24, 2.45) is 0 Å².